The third-order valence-electron chi connectivity index (χ3n) is 6.28. The lowest BCUT2D eigenvalue weighted by Crippen LogP contribution is -2.51. The van der Waals surface area contributed by atoms with E-state index in [1.807, 2.05) is 31.2 Å². The number of benzene rings is 3. The molecular formula is C29H33BrFN3O5S. The van der Waals surface area contributed by atoms with Crippen molar-refractivity contribution in [2.75, 3.05) is 24.5 Å². The highest BCUT2D eigenvalue weighted by Crippen LogP contribution is 2.26. The minimum atomic E-state index is -4.26. The molecule has 3 aromatic carbocycles. The van der Waals surface area contributed by atoms with Gasteiger partial charge in [0.15, 0.2) is 0 Å². The normalized spacial score (nSPS) is 11.9. The number of methoxy groups -OCH3 is 1. The summed E-state index contributed by atoms with van der Waals surface area (Å²) in [5.41, 5.74) is 0.857. The van der Waals surface area contributed by atoms with E-state index in [1.54, 1.807) is 6.92 Å². The van der Waals surface area contributed by atoms with Crippen LogP contribution in [0.4, 0.5) is 10.1 Å². The highest BCUT2D eigenvalue weighted by Gasteiger charge is 2.32. The van der Waals surface area contributed by atoms with Crippen LogP contribution in [0.3, 0.4) is 0 Å². The number of nitrogens with zero attached hydrogens (tertiary/aromatic N) is 2. The second kappa shape index (κ2) is 14.3. The van der Waals surface area contributed by atoms with Crippen molar-refractivity contribution in [1.29, 1.82) is 0 Å². The molecule has 0 aliphatic rings. The number of anilines is 1. The van der Waals surface area contributed by atoms with E-state index in [0.717, 1.165) is 39.3 Å². The second-order valence-electron chi connectivity index (χ2n) is 9.14. The molecular weight excluding hydrogens is 601 g/mol. The second-order valence-corrected chi connectivity index (χ2v) is 11.9. The Morgan fingerprint density at radius 1 is 1.05 bits per heavy atom. The highest BCUT2D eigenvalue weighted by atomic mass is 79.9. The maximum Gasteiger partial charge on any atom is 0.264 e. The average Bonchev–Trinajstić information content (AvgIpc) is 2.94. The molecule has 214 valence electrons. The molecule has 0 unspecified atom stereocenters. The lowest BCUT2D eigenvalue weighted by Gasteiger charge is -2.32. The van der Waals surface area contributed by atoms with E-state index in [9.17, 15) is 22.4 Å². The van der Waals surface area contributed by atoms with Gasteiger partial charge in [-0.25, -0.2) is 12.8 Å². The molecule has 8 nitrogen and oxygen atoms in total. The molecule has 0 radical (unpaired) electrons. The average molecular weight is 635 g/mol. The van der Waals surface area contributed by atoms with E-state index >= 15 is 0 Å². The summed E-state index contributed by atoms with van der Waals surface area (Å²) >= 11 is 3.43. The molecule has 2 amide bonds. The van der Waals surface area contributed by atoms with Crippen LogP contribution in [-0.2, 0) is 26.2 Å². The first-order valence-electron chi connectivity index (χ1n) is 12.8. The van der Waals surface area contributed by atoms with Gasteiger partial charge in [0, 0.05) is 17.6 Å². The number of ether oxygens (including phenoxy) is 1. The fraction of sp³-hybridized carbons (Fsp3) is 0.310. The van der Waals surface area contributed by atoms with Gasteiger partial charge in [0.2, 0.25) is 11.8 Å². The van der Waals surface area contributed by atoms with E-state index in [0.29, 0.717) is 12.3 Å². The Morgan fingerprint density at radius 3 is 2.33 bits per heavy atom. The molecule has 0 heterocycles. The molecule has 0 spiro atoms. The van der Waals surface area contributed by atoms with Crippen molar-refractivity contribution in [2.45, 2.75) is 44.2 Å². The van der Waals surface area contributed by atoms with Gasteiger partial charge in [0.05, 0.1) is 17.7 Å². The van der Waals surface area contributed by atoms with Crippen LogP contribution >= 0.6 is 15.9 Å². The predicted octanol–water partition coefficient (Wildman–Crippen LogP) is 5.13. The minimum Gasteiger partial charge on any atom is -0.497 e. The summed E-state index contributed by atoms with van der Waals surface area (Å²) in [5.74, 6) is -1.03. The third kappa shape index (κ3) is 8.04. The van der Waals surface area contributed by atoms with E-state index < -0.39 is 34.3 Å². The van der Waals surface area contributed by atoms with Crippen LogP contribution in [0.2, 0.25) is 0 Å². The highest BCUT2D eigenvalue weighted by molar-refractivity contribution is 9.10. The summed E-state index contributed by atoms with van der Waals surface area (Å²) in [7, 11) is -2.80. The third-order valence-corrected chi connectivity index (χ3v) is 8.56. The lowest BCUT2D eigenvalue weighted by molar-refractivity contribution is -0.139. The van der Waals surface area contributed by atoms with Crippen molar-refractivity contribution < 1.29 is 27.1 Å². The van der Waals surface area contributed by atoms with Crippen LogP contribution in [0.15, 0.2) is 82.2 Å². The summed E-state index contributed by atoms with van der Waals surface area (Å²) < 4.78 is 48.2. The predicted molar refractivity (Wildman–Crippen MR) is 156 cm³/mol. The van der Waals surface area contributed by atoms with Crippen LogP contribution in [0.1, 0.15) is 32.3 Å². The Labute approximate surface area is 243 Å². The number of nitrogens with one attached hydrogen (secondary N) is 1. The van der Waals surface area contributed by atoms with Gasteiger partial charge < -0.3 is 15.0 Å². The van der Waals surface area contributed by atoms with Crippen LogP contribution in [0, 0.1) is 5.82 Å². The van der Waals surface area contributed by atoms with Gasteiger partial charge >= 0.3 is 0 Å². The van der Waals surface area contributed by atoms with Crippen LogP contribution in [0.5, 0.6) is 5.75 Å². The smallest absolute Gasteiger partial charge is 0.264 e. The summed E-state index contributed by atoms with van der Waals surface area (Å²) in [6.45, 7) is 3.54. The Bertz CT molecular complexity index is 1400. The minimum absolute atomic E-state index is 0.0699. The first-order chi connectivity index (χ1) is 19.1. The SMILES string of the molecule is CCCCNC(=O)[C@@H](C)N(Cc1cccc(Br)c1)C(=O)CN(c1ccc(F)cc1)S(=O)(=O)c1ccc(OC)cc1. The summed E-state index contributed by atoms with van der Waals surface area (Å²) in [4.78, 5) is 28.1. The zero-order valence-electron chi connectivity index (χ0n) is 22.6. The zero-order valence-corrected chi connectivity index (χ0v) is 25.0. The van der Waals surface area contributed by atoms with E-state index in [2.05, 4.69) is 21.2 Å². The summed E-state index contributed by atoms with van der Waals surface area (Å²) in [6.07, 6.45) is 1.68. The fourth-order valence-electron chi connectivity index (χ4n) is 3.96. The Balaban J connectivity index is 2.00. The van der Waals surface area contributed by atoms with Gasteiger partial charge in [-0.15, -0.1) is 0 Å². The lowest BCUT2D eigenvalue weighted by atomic mass is 10.1. The van der Waals surface area contributed by atoms with Gasteiger partial charge in [-0.1, -0.05) is 41.4 Å². The number of sulfonamides is 1. The van der Waals surface area contributed by atoms with E-state index in [1.165, 1.54) is 48.4 Å². The van der Waals surface area contributed by atoms with Crippen molar-refractivity contribution in [2.24, 2.45) is 0 Å². The van der Waals surface area contributed by atoms with Gasteiger partial charge in [-0.05, 0) is 79.6 Å². The molecule has 0 bridgehead atoms. The molecule has 0 fully saturated rings. The molecule has 1 N–H and O–H groups in total. The number of unbranched alkanes of at least 4 members (excludes halogenated alkanes) is 1. The standard InChI is InChI=1S/C29H33BrFN3O5S/c1-4-5-17-32-29(36)21(2)33(19-22-7-6-8-23(30)18-22)28(35)20-34(25-11-9-24(31)10-12-25)40(37,38)27-15-13-26(39-3)14-16-27/h6-16,18,21H,4-5,17,19-20H2,1-3H3,(H,32,36)/t21-/m1/s1. The van der Waals surface area contributed by atoms with Gasteiger partial charge in [0.1, 0.15) is 24.2 Å². The maximum atomic E-state index is 13.9. The van der Waals surface area contributed by atoms with Crippen molar-refractivity contribution in [3.05, 3.63) is 88.6 Å². The number of halogens is 2. The number of amides is 2. The molecule has 0 aromatic heterocycles. The fourth-order valence-corrected chi connectivity index (χ4v) is 5.82. The quantitative estimate of drug-likeness (QED) is 0.263. The van der Waals surface area contributed by atoms with Crippen LogP contribution in [-0.4, -0.2) is 51.4 Å². The van der Waals surface area contributed by atoms with E-state index in [-0.39, 0.29) is 23.0 Å². The molecule has 0 saturated heterocycles. The van der Waals surface area contributed by atoms with Crippen LogP contribution in [0.25, 0.3) is 0 Å². The Hall–Kier alpha value is -3.44. The first-order valence-corrected chi connectivity index (χ1v) is 15.0. The molecule has 40 heavy (non-hydrogen) atoms. The largest absolute Gasteiger partial charge is 0.497 e. The Kier molecular flexibility index (Phi) is 11.1. The molecule has 0 aliphatic carbocycles. The molecule has 1 atom stereocenters. The molecule has 0 saturated carbocycles. The monoisotopic (exact) mass is 633 g/mol. The zero-order chi connectivity index (χ0) is 29.3. The number of hydrogen-bond acceptors (Lipinski definition) is 5. The van der Waals surface area contributed by atoms with Gasteiger partial charge in [-0.3, -0.25) is 13.9 Å². The van der Waals surface area contributed by atoms with Crippen molar-refractivity contribution in [1.82, 2.24) is 10.2 Å². The topological polar surface area (TPSA) is 96.0 Å². The number of carbonyl (C=O) groups excluding carboxylic acids is 2. The molecule has 3 aromatic rings. The molecule has 0 aliphatic heterocycles. The maximum absolute atomic E-state index is 13.9. The van der Waals surface area contributed by atoms with Crippen molar-refractivity contribution >= 4 is 43.5 Å². The van der Waals surface area contributed by atoms with Gasteiger partial charge in [-0.2, -0.15) is 0 Å². The molecule has 11 heteroatoms. The number of hydrogen-bond donors (Lipinski definition) is 1. The van der Waals surface area contributed by atoms with Crippen molar-refractivity contribution in [3.63, 3.8) is 0 Å². The summed E-state index contributed by atoms with van der Waals surface area (Å²) in [5, 5.41) is 2.85. The number of rotatable bonds is 13. The summed E-state index contributed by atoms with van der Waals surface area (Å²) in [6, 6.07) is 17.0. The van der Waals surface area contributed by atoms with Crippen LogP contribution < -0.4 is 14.4 Å². The number of carbonyl (C=O) groups is 2. The van der Waals surface area contributed by atoms with Crippen molar-refractivity contribution in [3.8, 4) is 5.75 Å². The first kappa shape index (κ1) is 31.1. The van der Waals surface area contributed by atoms with E-state index in [4.69, 9.17) is 4.74 Å². The van der Waals surface area contributed by atoms with Gasteiger partial charge in [0.25, 0.3) is 10.0 Å². The molecule has 3 rings (SSSR count). The Morgan fingerprint density at radius 2 is 1.73 bits per heavy atom.